The van der Waals surface area contributed by atoms with Gasteiger partial charge in [0.15, 0.2) is 0 Å². The van der Waals surface area contributed by atoms with Gasteiger partial charge in [0.2, 0.25) is 10.0 Å². The number of nitrogens with two attached hydrogens (primary N) is 1. The van der Waals surface area contributed by atoms with E-state index in [9.17, 15) is 8.42 Å². The molecule has 0 fully saturated rings. The largest absolute Gasteiger partial charge is 0.324 e. The molecule has 0 heterocycles. The smallest absolute Gasteiger partial charge is 0.240 e. The zero-order chi connectivity index (χ0) is 13.4. The fourth-order valence-corrected chi connectivity index (χ4v) is 3.35. The van der Waals surface area contributed by atoms with E-state index >= 15 is 0 Å². The van der Waals surface area contributed by atoms with Crippen molar-refractivity contribution in [2.24, 2.45) is 5.73 Å². The molecule has 0 atom stereocenters. The third-order valence-electron chi connectivity index (χ3n) is 3.10. The van der Waals surface area contributed by atoms with E-state index in [1.807, 2.05) is 6.07 Å². The minimum absolute atomic E-state index is 0.229. The van der Waals surface area contributed by atoms with Gasteiger partial charge in [-0.05, 0) is 56.4 Å². The lowest BCUT2D eigenvalue weighted by molar-refractivity contribution is 0.498. The van der Waals surface area contributed by atoms with Crippen LogP contribution in [0.4, 0.5) is 0 Å². The van der Waals surface area contributed by atoms with Gasteiger partial charge < -0.3 is 5.73 Å². The molecule has 0 aliphatic heterocycles. The predicted octanol–water partition coefficient (Wildman–Crippen LogP) is 1.19. The summed E-state index contributed by atoms with van der Waals surface area (Å²) in [6, 6.07) is 5.38. The molecule has 0 aromatic heterocycles. The van der Waals surface area contributed by atoms with E-state index in [1.165, 1.54) is 5.56 Å². The number of nitrogens with one attached hydrogen (secondary N) is 1. The van der Waals surface area contributed by atoms with E-state index in [2.05, 4.69) is 4.72 Å². The van der Waals surface area contributed by atoms with Crippen molar-refractivity contribution in [2.45, 2.75) is 43.5 Å². The molecule has 0 unspecified atom stereocenters. The van der Waals surface area contributed by atoms with Crippen LogP contribution >= 0.6 is 0 Å². The zero-order valence-corrected chi connectivity index (χ0v) is 11.7. The molecular weight excluding hydrogens is 248 g/mol. The van der Waals surface area contributed by atoms with Crippen LogP contribution in [0.3, 0.4) is 0 Å². The molecule has 0 spiro atoms. The van der Waals surface area contributed by atoms with Crippen molar-refractivity contribution in [2.75, 3.05) is 6.54 Å². The Balaban J connectivity index is 2.20. The van der Waals surface area contributed by atoms with Crippen LogP contribution in [0.25, 0.3) is 0 Å². The summed E-state index contributed by atoms with van der Waals surface area (Å²) in [7, 11) is -3.45. The average Bonchev–Trinajstić information content (AvgIpc) is 2.72. The first-order chi connectivity index (χ1) is 8.28. The number of sulfonamides is 1. The first kappa shape index (κ1) is 13.5. The normalized spacial score (nSPS) is 15.7. The van der Waals surface area contributed by atoms with E-state index in [4.69, 9.17) is 5.73 Å². The van der Waals surface area contributed by atoms with E-state index in [1.54, 1.807) is 26.0 Å². The minimum Gasteiger partial charge on any atom is -0.324 e. The Morgan fingerprint density at radius 3 is 2.61 bits per heavy atom. The van der Waals surface area contributed by atoms with Gasteiger partial charge in [-0.2, -0.15) is 0 Å². The highest BCUT2D eigenvalue weighted by atomic mass is 32.2. The van der Waals surface area contributed by atoms with Gasteiger partial charge in [0.1, 0.15) is 0 Å². The van der Waals surface area contributed by atoms with Crippen LogP contribution in [0.15, 0.2) is 23.1 Å². The Labute approximate surface area is 109 Å². The molecule has 4 nitrogen and oxygen atoms in total. The lowest BCUT2D eigenvalue weighted by atomic mass is 10.1. The van der Waals surface area contributed by atoms with Crippen molar-refractivity contribution < 1.29 is 8.42 Å². The van der Waals surface area contributed by atoms with E-state index in [0.717, 1.165) is 24.8 Å². The van der Waals surface area contributed by atoms with Crippen LogP contribution in [-0.4, -0.2) is 20.5 Å². The molecule has 1 aliphatic carbocycles. The molecular formula is C13H20N2O2S. The maximum Gasteiger partial charge on any atom is 0.240 e. The topological polar surface area (TPSA) is 72.2 Å². The second kappa shape index (κ2) is 4.64. The van der Waals surface area contributed by atoms with Gasteiger partial charge in [0.25, 0.3) is 0 Å². The van der Waals surface area contributed by atoms with Crippen molar-refractivity contribution in [3.8, 4) is 0 Å². The van der Waals surface area contributed by atoms with Gasteiger partial charge in [-0.3, -0.25) is 0 Å². The Bertz CT molecular complexity index is 545. The van der Waals surface area contributed by atoms with Gasteiger partial charge in [0, 0.05) is 12.1 Å². The van der Waals surface area contributed by atoms with Crippen LogP contribution in [0.1, 0.15) is 31.4 Å². The number of benzene rings is 1. The summed E-state index contributed by atoms with van der Waals surface area (Å²) < 4.78 is 26.8. The average molecular weight is 268 g/mol. The number of hydrogen-bond acceptors (Lipinski definition) is 3. The Hall–Kier alpha value is -0.910. The van der Waals surface area contributed by atoms with Gasteiger partial charge in [0.05, 0.1) is 4.90 Å². The van der Waals surface area contributed by atoms with Gasteiger partial charge >= 0.3 is 0 Å². The summed E-state index contributed by atoms with van der Waals surface area (Å²) >= 11 is 0. The molecule has 0 bridgehead atoms. The molecule has 18 heavy (non-hydrogen) atoms. The Kier molecular flexibility index (Phi) is 3.49. The lowest BCUT2D eigenvalue weighted by Gasteiger charge is -2.19. The predicted molar refractivity (Wildman–Crippen MR) is 71.9 cm³/mol. The highest BCUT2D eigenvalue weighted by molar-refractivity contribution is 7.89. The van der Waals surface area contributed by atoms with Crippen molar-refractivity contribution in [1.29, 1.82) is 0 Å². The molecule has 1 aromatic carbocycles. The van der Waals surface area contributed by atoms with E-state index in [-0.39, 0.29) is 6.54 Å². The zero-order valence-electron chi connectivity index (χ0n) is 10.9. The molecule has 0 amide bonds. The number of rotatable bonds is 4. The molecule has 1 aromatic rings. The molecule has 2 rings (SSSR count). The SMILES string of the molecule is CC(C)(N)CNS(=O)(=O)c1ccc2c(c1)CCC2. The van der Waals surface area contributed by atoms with Gasteiger partial charge in [-0.15, -0.1) is 0 Å². The maximum atomic E-state index is 12.1. The summed E-state index contributed by atoms with van der Waals surface area (Å²) in [6.07, 6.45) is 3.14. The molecule has 0 saturated carbocycles. The summed E-state index contributed by atoms with van der Waals surface area (Å²) in [5, 5.41) is 0. The minimum atomic E-state index is -3.45. The second-order valence-electron chi connectivity index (χ2n) is 5.60. The number of hydrogen-bond donors (Lipinski definition) is 2. The Morgan fingerprint density at radius 1 is 1.28 bits per heavy atom. The standard InChI is InChI=1S/C13H20N2O2S/c1-13(2,14)9-15-18(16,17)12-7-6-10-4-3-5-11(10)8-12/h6-8,15H,3-5,9,14H2,1-2H3. The van der Waals surface area contributed by atoms with E-state index < -0.39 is 15.6 Å². The summed E-state index contributed by atoms with van der Waals surface area (Å²) in [5.41, 5.74) is 7.66. The Morgan fingerprint density at radius 2 is 1.94 bits per heavy atom. The molecule has 5 heteroatoms. The van der Waals surface area contributed by atoms with Gasteiger partial charge in [-0.1, -0.05) is 6.07 Å². The molecule has 1 aliphatic rings. The molecule has 100 valence electrons. The third-order valence-corrected chi connectivity index (χ3v) is 4.50. The van der Waals surface area contributed by atoms with E-state index in [0.29, 0.717) is 4.90 Å². The molecule has 0 saturated heterocycles. The van der Waals surface area contributed by atoms with Crippen LogP contribution in [0.2, 0.25) is 0 Å². The second-order valence-corrected chi connectivity index (χ2v) is 7.36. The van der Waals surface area contributed by atoms with Crippen molar-refractivity contribution in [1.82, 2.24) is 4.72 Å². The number of aryl methyl sites for hydroxylation is 2. The summed E-state index contributed by atoms with van der Waals surface area (Å²) in [4.78, 5) is 0.340. The maximum absolute atomic E-state index is 12.1. The highest BCUT2D eigenvalue weighted by Gasteiger charge is 2.20. The van der Waals surface area contributed by atoms with Crippen molar-refractivity contribution >= 4 is 10.0 Å². The fraction of sp³-hybridized carbons (Fsp3) is 0.538. The first-order valence-electron chi connectivity index (χ1n) is 6.18. The van der Waals surface area contributed by atoms with Gasteiger partial charge in [-0.25, -0.2) is 13.1 Å². The summed E-state index contributed by atoms with van der Waals surface area (Å²) in [5.74, 6) is 0. The van der Waals surface area contributed by atoms with Crippen molar-refractivity contribution in [3.63, 3.8) is 0 Å². The third kappa shape index (κ3) is 3.10. The van der Waals surface area contributed by atoms with Crippen molar-refractivity contribution in [3.05, 3.63) is 29.3 Å². The summed E-state index contributed by atoms with van der Waals surface area (Å²) in [6.45, 7) is 3.81. The quantitative estimate of drug-likeness (QED) is 0.861. The lowest BCUT2D eigenvalue weighted by Crippen LogP contribution is -2.45. The molecule has 3 N–H and O–H groups in total. The fourth-order valence-electron chi connectivity index (χ4n) is 2.08. The van der Waals surface area contributed by atoms with Crippen LogP contribution in [0, 0.1) is 0 Å². The molecule has 0 radical (unpaired) electrons. The monoisotopic (exact) mass is 268 g/mol. The van der Waals surface area contributed by atoms with Crippen LogP contribution in [-0.2, 0) is 22.9 Å². The van der Waals surface area contributed by atoms with Crippen LogP contribution in [0.5, 0.6) is 0 Å². The first-order valence-corrected chi connectivity index (χ1v) is 7.67. The number of fused-ring (bicyclic) bond motifs is 1. The van der Waals surface area contributed by atoms with Crippen LogP contribution < -0.4 is 10.5 Å². The highest BCUT2D eigenvalue weighted by Crippen LogP contribution is 2.24.